The molecule has 0 fully saturated rings. The molecule has 1 aromatic rings. The van der Waals surface area contributed by atoms with Gasteiger partial charge in [0.1, 0.15) is 10.2 Å². The minimum absolute atomic E-state index is 0.0256. The van der Waals surface area contributed by atoms with Crippen LogP contribution in [0.15, 0.2) is 4.79 Å². The molecule has 0 unspecified atom stereocenters. The van der Waals surface area contributed by atoms with Gasteiger partial charge in [-0.25, -0.2) is 0 Å². The third kappa shape index (κ3) is 2.43. The zero-order valence-corrected chi connectivity index (χ0v) is 11.4. The van der Waals surface area contributed by atoms with Gasteiger partial charge in [-0.1, -0.05) is 32.0 Å². The van der Waals surface area contributed by atoms with Gasteiger partial charge in [-0.3, -0.25) is 4.79 Å². The van der Waals surface area contributed by atoms with Crippen molar-refractivity contribution in [3.63, 3.8) is 0 Å². The molecule has 0 atom stereocenters. The van der Waals surface area contributed by atoms with E-state index in [0.717, 1.165) is 24.3 Å². The van der Waals surface area contributed by atoms with Crippen LogP contribution < -0.4 is 15.2 Å². The summed E-state index contributed by atoms with van der Waals surface area (Å²) >= 11 is 5.06. The van der Waals surface area contributed by atoms with Crippen molar-refractivity contribution in [3.05, 3.63) is 14.7 Å². The minimum atomic E-state index is 0.0256. The highest BCUT2D eigenvalue weighted by atomic mass is 32.1. The highest BCUT2D eigenvalue weighted by molar-refractivity contribution is 7.71. The van der Waals surface area contributed by atoms with Gasteiger partial charge in [0.2, 0.25) is 5.43 Å². The molecule has 0 saturated heterocycles. The number of unbranched alkanes of at least 4 members (excludes halogenated alkanes) is 2. The molecule has 0 aliphatic heterocycles. The standard InChI is InChI=1S/C12H20N2OS/c1-5-6-7-8-14(4)9-10(13(2)3)12(16)11(9)15/h5-8H2,1-4H3. The third-order valence-electron chi connectivity index (χ3n) is 2.79. The summed E-state index contributed by atoms with van der Waals surface area (Å²) in [6.07, 6.45) is 3.52. The van der Waals surface area contributed by atoms with Crippen molar-refractivity contribution in [1.29, 1.82) is 0 Å². The van der Waals surface area contributed by atoms with Crippen molar-refractivity contribution in [1.82, 2.24) is 0 Å². The number of nitrogens with zero attached hydrogens (tertiary/aromatic N) is 2. The molecule has 0 aromatic heterocycles. The Balaban J connectivity index is 2.76. The van der Waals surface area contributed by atoms with Crippen molar-refractivity contribution in [3.8, 4) is 0 Å². The maximum atomic E-state index is 11.7. The first-order valence-electron chi connectivity index (χ1n) is 5.72. The summed E-state index contributed by atoms with van der Waals surface area (Å²) in [7, 11) is 5.82. The van der Waals surface area contributed by atoms with Crippen LogP contribution >= 0.6 is 12.2 Å². The van der Waals surface area contributed by atoms with Gasteiger partial charge in [0.15, 0.2) is 0 Å². The first-order chi connectivity index (χ1) is 7.50. The molecule has 0 aliphatic rings. The van der Waals surface area contributed by atoms with E-state index in [2.05, 4.69) is 6.92 Å². The lowest BCUT2D eigenvalue weighted by atomic mass is 10.1. The van der Waals surface area contributed by atoms with Crippen molar-refractivity contribution >= 4 is 23.6 Å². The first kappa shape index (κ1) is 13.2. The van der Waals surface area contributed by atoms with Crippen LogP contribution in [-0.2, 0) is 0 Å². The van der Waals surface area contributed by atoms with E-state index in [0.29, 0.717) is 4.51 Å². The van der Waals surface area contributed by atoms with Crippen LogP contribution in [0.4, 0.5) is 11.4 Å². The van der Waals surface area contributed by atoms with Crippen molar-refractivity contribution in [2.75, 3.05) is 37.5 Å². The van der Waals surface area contributed by atoms with E-state index in [9.17, 15) is 4.79 Å². The van der Waals surface area contributed by atoms with Gasteiger partial charge in [-0.15, -0.1) is 0 Å². The zero-order valence-electron chi connectivity index (χ0n) is 10.5. The molecule has 0 amide bonds. The van der Waals surface area contributed by atoms with Gasteiger partial charge in [0.25, 0.3) is 0 Å². The van der Waals surface area contributed by atoms with Gasteiger partial charge in [-0.05, 0) is 6.42 Å². The largest absolute Gasteiger partial charge is 0.375 e. The average molecular weight is 240 g/mol. The number of anilines is 2. The van der Waals surface area contributed by atoms with Crippen LogP contribution in [0.1, 0.15) is 26.2 Å². The molecule has 0 bridgehead atoms. The summed E-state index contributed by atoms with van der Waals surface area (Å²) < 4.78 is 0.474. The Bertz CT molecular complexity index is 419. The molecule has 16 heavy (non-hydrogen) atoms. The van der Waals surface area contributed by atoms with Gasteiger partial charge in [0.05, 0.1) is 5.69 Å². The van der Waals surface area contributed by atoms with Crippen molar-refractivity contribution < 1.29 is 0 Å². The van der Waals surface area contributed by atoms with Crippen LogP contribution in [-0.4, -0.2) is 27.7 Å². The molecule has 1 aromatic carbocycles. The molecular weight excluding hydrogens is 220 g/mol. The quantitative estimate of drug-likeness (QED) is 0.562. The molecule has 0 heterocycles. The lowest BCUT2D eigenvalue weighted by molar-refractivity contribution is 0.703. The summed E-state index contributed by atoms with van der Waals surface area (Å²) in [5.74, 6) is 0. The smallest absolute Gasteiger partial charge is 0.224 e. The fourth-order valence-corrected chi connectivity index (χ4v) is 2.22. The van der Waals surface area contributed by atoms with E-state index in [1.165, 1.54) is 12.8 Å². The highest BCUT2D eigenvalue weighted by Gasteiger charge is 2.22. The molecule has 0 aliphatic carbocycles. The van der Waals surface area contributed by atoms with Crippen molar-refractivity contribution in [2.24, 2.45) is 0 Å². The number of hydrogen-bond acceptors (Lipinski definition) is 4. The maximum absolute atomic E-state index is 11.7. The monoisotopic (exact) mass is 240 g/mol. The van der Waals surface area contributed by atoms with Gasteiger partial charge >= 0.3 is 0 Å². The summed E-state index contributed by atoms with van der Waals surface area (Å²) in [4.78, 5) is 15.6. The summed E-state index contributed by atoms with van der Waals surface area (Å²) in [6, 6.07) is 0. The van der Waals surface area contributed by atoms with Gasteiger partial charge < -0.3 is 9.80 Å². The highest BCUT2D eigenvalue weighted by Crippen LogP contribution is 2.28. The minimum Gasteiger partial charge on any atom is -0.375 e. The molecule has 3 nitrogen and oxygen atoms in total. The van der Waals surface area contributed by atoms with Crippen molar-refractivity contribution in [2.45, 2.75) is 26.2 Å². The molecule has 1 rings (SSSR count). The first-order valence-corrected chi connectivity index (χ1v) is 6.13. The number of hydrogen-bond donors (Lipinski definition) is 0. The van der Waals surface area contributed by atoms with Gasteiger partial charge in [-0.2, -0.15) is 0 Å². The fourth-order valence-electron chi connectivity index (χ4n) is 1.85. The molecule has 90 valence electrons. The predicted octanol–water partition coefficient (Wildman–Crippen LogP) is 2.34. The molecule has 0 N–H and O–H groups in total. The second-order valence-corrected chi connectivity index (χ2v) is 4.79. The van der Waals surface area contributed by atoms with E-state index in [4.69, 9.17) is 12.2 Å². The number of rotatable bonds is 6. The summed E-state index contributed by atoms with van der Waals surface area (Å²) in [6.45, 7) is 3.10. The zero-order chi connectivity index (χ0) is 12.3. The Morgan fingerprint density at radius 1 is 1.12 bits per heavy atom. The topological polar surface area (TPSA) is 23.6 Å². The molecule has 4 heteroatoms. The Hall–Kier alpha value is -0.900. The predicted molar refractivity (Wildman–Crippen MR) is 73.0 cm³/mol. The summed E-state index contributed by atoms with van der Waals surface area (Å²) in [5, 5.41) is 0. The average Bonchev–Trinajstić information content (AvgIpc) is 2.23. The van der Waals surface area contributed by atoms with E-state index in [1.54, 1.807) is 0 Å². The lowest BCUT2D eigenvalue weighted by Gasteiger charge is -2.27. The second-order valence-electron chi connectivity index (χ2n) is 4.38. The second kappa shape index (κ2) is 5.43. The Labute approximate surface area is 102 Å². The van der Waals surface area contributed by atoms with E-state index in [1.807, 2.05) is 30.9 Å². The van der Waals surface area contributed by atoms with Crippen LogP contribution in [0, 0.1) is 4.51 Å². The fraction of sp³-hybridized carbons (Fsp3) is 0.667. The molecule has 0 saturated carbocycles. The van der Waals surface area contributed by atoms with Crippen LogP contribution in [0.5, 0.6) is 0 Å². The Morgan fingerprint density at radius 2 is 1.75 bits per heavy atom. The summed E-state index contributed by atoms with van der Waals surface area (Å²) in [5.41, 5.74) is 1.72. The van der Waals surface area contributed by atoms with Crippen LogP contribution in [0.25, 0.3) is 0 Å². The van der Waals surface area contributed by atoms with Crippen LogP contribution in [0.3, 0.4) is 0 Å². The third-order valence-corrected chi connectivity index (χ3v) is 3.17. The Morgan fingerprint density at radius 3 is 2.25 bits per heavy atom. The SMILES string of the molecule is CCCCCN(C)c1c(N(C)C)c(=S)c1=O. The van der Waals surface area contributed by atoms with Gasteiger partial charge in [0, 0.05) is 27.7 Å². The Kier molecular flexibility index (Phi) is 4.47. The van der Waals surface area contributed by atoms with E-state index >= 15 is 0 Å². The van der Waals surface area contributed by atoms with Crippen LogP contribution in [0.2, 0.25) is 0 Å². The maximum Gasteiger partial charge on any atom is 0.224 e. The molecular formula is C12H20N2OS. The lowest BCUT2D eigenvalue weighted by Crippen LogP contribution is -2.32. The van der Waals surface area contributed by atoms with E-state index in [-0.39, 0.29) is 5.43 Å². The van der Waals surface area contributed by atoms with E-state index < -0.39 is 0 Å². The molecule has 0 spiro atoms. The normalized spacial score (nSPS) is 10.8. The molecule has 0 radical (unpaired) electrons.